The maximum atomic E-state index is 11.9. The Hall–Kier alpha value is -3.12. The highest BCUT2D eigenvalue weighted by atomic mass is 16.3. The van der Waals surface area contributed by atoms with Crippen LogP contribution in [0.3, 0.4) is 0 Å². The van der Waals surface area contributed by atoms with Crippen molar-refractivity contribution in [3.63, 3.8) is 0 Å². The summed E-state index contributed by atoms with van der Waals surface area (Å²) >= 11 is 0. The van der Waals surface area contributed by atoms with Crippen LogP contribution in [0.2, 0.25) is 0 Å². The molecule has 0 saturated heterocycles. The fourth-order valence-electron chi connectivity index (χ4n) is 3.99. The van der Waals surface area contributed by atoms with Crippen molar-refractivity contribution in [3.05, 3.63) is 65.4 Å². The number of rotatable bonds is 7. The molecular weight excluding hydrogens is 400 g/mol. The summed E-state index contributed by atoms with van der Waals surface area (Å²) in [6.45, 7) is 5.45. The monoisotopic (exact) mass is 432 g/mol. The predicted octanol–water partition coefficient (Wildman–Crippen LogP) is 4.30. The number of carbonyl (C=O) groups is 1. The van der Waals surface area contributed by atoms with E-state index in [9.17, 15) is 9.90 Å². The normalized spacial score (nSPS) is 17.2. The standard InChI is InChI=1S/C26H32N4O2/c1-17(31)21-4-3-5-22(14-21)20-8-10-23(11-9-20)29-26(27)24-16-30(18(2)32)13-12-25(24)28-15-19-6-7-19/h3-5,8-11,14,17,19,28,31H,6-7,12-13,15-16H2,1-2H3,(H2,27,29). The van der Waals surface area contributed by atoms with E-state index in [0.717, 1.165) is 52.5 Å². The molecule has 2 aromatic carbocycles. The topological polar surface area (TPSA) is 88.5 Å². The van der Waals surface area contributed by atoms with Gasteiger partial charge in [-0.05, 0) is 60.6 Å². The van der Waals surface area contributed by atoms with Crippen LogP contribution in [0.1, 0.15) is 44.8 Å². The van der Waals surface area contributed by atoms with Gasteiger partial charge in [-0.15, -0.1) is 0 Å². The maximum absolute atomic E-state index is 11.9. The molecule has 2 aromatic rings. The van der Waals surface area contributed by atoms with Gasteiger partial charge in [-0.3, -0.25) is 10.2 Å². The highest BCUT2D eigenvalue weighted by molar-refractivity contribution is 6.07. The van der Waals surface area contributed by atoms with Crippen molar-refractivity contribution in [2.24, 2.45) is 5.92 Å². The number of carbonyl (C=O) groups excluding carboxylic acids is 1. The number of anilines is 1. The lowest BCUT2D eigenvalue weighted by atomic mass is 10.0. The zero-order valence-electron chi connectivity index (χ0n) is 18.8. The molecule has 32 heavy (non-hydrogen) atoms. The number of amidine groups is 1. The average Bonchev–Trinajstić information content (AvgIpc) is 3.62. The average molecular weight is 433 g/mol. The Morgan fingerprint density at radius 3 is 2.59 bits per heavy atom. The molecule has 0 bridgehead atoms. The molecule has 168 valence electrons. The number of hydrogen-bond donors (Lipinski definition) is 4. The molecule has 4 N–H and O–H groups in total. The lowest BCUT2D eigenvalue weighted by molar-refractivity contribution is -0.128. The highest BCUT2D eigenvalue weighted by Crippen LogP contribution is 2.29. The van der Waals surface area contributed by atoms with Crippen LogP contribution in [0.5, 0.6) is 0 Å². The first-order valence-electron chi connectivity index (χ1n) is 11.4. The molecule has 0 spiro atoms. The van der Waals surface area contributed by atoms with E-state index in [1.165, 1.54) is 12.8 Å². The van der Waals surface area contributed by atoms with Crippen molar-refractivity contribution in [2.45, 2.75) is 39.2 Å². The van der Waals surface area contributed by atoms with Crippen LogP contribution in [0, 0.1) is 11.3 Å². The van der Waals surface area contributed by atoms with Gasteiger partial charge >= 0.3 is 0 Å². The van der Waals surface area contributed by atoms with E-state index >= 15 is 0 Å². The van der Waals surface area contributed by atoms with Gasteiger partial charge in [0.1, 0.15) is 5.84 Å². The van der Waals surface area contributed by atoms with Crippen LogP contribution in [0.25, 0.3) is 11.1 Å². The largest absolute Gasteiger partial charge is 0.389 e. The minimum absolute atomic E-state index is 0.0420. The zero-order chi connectivity index (χ0) is 22.7. The fraction of sp³-hybridized carbons (Fsp3) is 0.385. The SMILES string of the molecule is CC(=O)N1CCC(NCC2CC2)=C(C(=N)Nc2ccc(-c3cccc(C(C)O)c3)cc2)C1. The molecule has 1 heterocycles. The van der Waals surface area contributed by atoms with Gasteiger partial charge in [0.2, 0.25) is 5.91 Å². The van der Waals surface area contributed by atoms with Crippen molar-refractivity contribution in [1.82, 2.24) is 10.2 Å². The van der Waals surface area contributed by atoms with Crippen molar-refractivity contribution < 1.29 is 9.90 Å². The lowest BCUT2D eigenvalue weighted by Crippen LogP contribution is -2.41. The third-order valence-corrected chi connectivity index (χ3v) is 6.25. The molecule has 2 aliphatic rings. The Bertz CT molecular complexity index is 1020. The summed E-state index contributed by atoms with van der Waals surface area (Å²) < 4.78 is 0. The van der Waals surface area contributed by atoms with Crippen molar-refractivity contribution in [3.8, 4) is 11.1 Å². The summed E-state index contributed by atoms with van der Waals surface area (Å²) in [7, 11) is 0. The Morgan fingerprint density at radius 1 is 1.19 bits per heavy atom. The first-order valence-corrected chi connectivity index (χ1v) is 11.4. The molecule has 4 rings (SSSR count). The van der Waals surface area contributed by atoms with Gasteiger partial charge in [-0.25, -0.2) is 0 Å². The van der Waals surface area contributed by atoms with Crippen LogP contribution in [-0.4, -0.2) is 41.4 Å². The Kier molecular flexibility index (Phi) is 6.61. The summed E-state index contributed by atoms with van der Waals surface area (Å²) in [5, 5.41) is 25.3. The van der Waals surface area contributed by atoms with Crippen LogP contribution in [0.4, 0.5) is 5.69 Å². The van der Waals surface area contributed by atoms with Gasteiger partial charge < -0.3 is 20.6 Å². The summed E-state index contributed by atoms with van der Waals surface area (Å²) in [5.41, 5.74) is 5.76. The smallest absolute Gasteiger partial charge is 0.219 e. The van der Waals surface area contributed by atoms with Crippen LogP contribution >= 0.6 is 0 Å². The van der Waals surface area contributed by atoms with Gasteiger partial charge in [-0.1, -0.05) is 30.3 Å². The van der Waals surface area contributed by atoms with Gasteiger partial charge in [0.25, 0.3) is 0 Å². The van der Waals surface area contributed by atoms with E-state index < -0.39 is 6.10 Å². The number of nitrogens with zero attached hydrogens (tertiary/aromatic N) is 1. The third-order valence-electron chi connectivity index (χ3n) is 6.25. The highest BCUT2D eigenvalue weighted by Gasteiger charge is 2.26. The third kappa shape index (κ3) is 5.37. The van der Waals surface area contributed by atoms with Crippen molar-refractivity contribution in [1.29, 1.82) is 5.41 Å². The molecule has 1 aliphatic carbocycles. The minimum Gasteiger partial charge on any atom is -0.389 e. The molecule has 1 unspecified atom stereocenters. The molecule has 1 aliphatic heterocycles. The molecular formula is C26H32N4O2. The second kappa shape index (κ2) is 9.57. The molecule has 6 nitrogen and oxygen atoms in total. The minimum atomic E-state index is -0.502. The quantitative estimate of drug-likeness (QED) is 0.388. The number of hydrogen-bond acceptors (Lipinski definition) is 4. The summed E-state index contributed by atoms with van der Waals surface area (Å²) in [4.78, 5) is 13.7. The van der Waals surface area contributed by atoms with Crippen LogP contribution in [0.15, 0.2) is 59.8 Å². The number of aliphatic hydroxyl groups is 1. The Balaban J connectivity index is 1.48. The van der Waals surface area contributed by atoms with E-state index in [2.05, 4.69) is 10.6 Å². The lowest BCUT2D eigenvalue weighted by Gasteiger charge is -2.31. The second-order valence-electron chi connectivity index (χ2n) is 8.85. The number of nitrogens with one attached hydrogen (secondary N) is 3. The van der Waals surface area contributed by atoms with Crippen LogP contribution in [-0.2, 0) is 4.79 Å². The fourth-order valence-corrected chi connectivity index (χ4v) is 3.99. The van der Waals surface area contributed by atoms with E-state index in [0.29, 0.717) is 18.9 Å². The molecule has 1 fully saturated rings. The number of amides is 1. The predicted molar refractivity (Wildman–Crippen MR) is 128 cm³/mol. The molecule has 1 saturated carbocycles. The maximum Gasteiger partial charge on any atom is 0.219 e. The van der Waals surface area contributed by atoms with Gasteiger partial charge in [-0.2, -0.15) is 0 Å². The van der Waals surface area contributed by atoms with Crippen molar-refractivity contribution in [2.75, 3.05) is 25.0 Å². The van der Waals surface area contributed by atoms with Crippen LogP contribution < -0.4 is 10.6 Å². The molecule has 1 atom stereocenters. The first-order chi connectivity index (χ1) is 15.4. The summed E-state index contributed by atoms with van der Waals surface area (Å²) in [6, 6.07) is 15.8. The Morgan fingerprint density at radius 2 is 1.94 bits per heavy atom. The van der Waals surface area contributed by atoms with Gasteiger partial charge in [0, 0.05) is 43.4 Å². The van der Waals surface area contributed by atoms with Gasteiger partial charge in [0.15, 0.2) is 0 Å². The first kappa shape index (κ1) is 22.1. The summed E-state index contributed by atoms with van der Waals surface area (Å²) in [5.74, 6) is 1.12. The van der Waals surface area contributed by atoms with E-state index in [1.807, 2.05) is 48.5 Å². The number of aliphatic hydroxyl groups excluding tert-OH is 1. The van der Waals surface area contributed by atoms with E-state index in [4.69, 9.17) is 5.41 Å². The zero-order valence-corrected chi connectivity index (χ0v) is 18.8. The number of benzene rings is 2. The molecule has 0 aromatic heterocycles. The molecule has 1 amide bonds. The molecule has 0 radical (unpaired) electrons. The van der Waals surface area contributed by atoms with Gasteiger partial charge in [0.05, 0.1) is 12.6 Å². The molecule has 6 heteroatoms. The second-order valence-corrected chi connectivity index (χ2v) is 8.85. The van der Waals surface area contributed by atoms with E-state index in [1.54, 1.807) is 18.7 Å². The Labute approximate surface area is 189 Å². The van der Waals surface area contributed by atoms with Crippen molar-refractivity contribution >= 4 is 17.4 Å². The van der Waals surface area contributed by atoms with E-state index in [-0.39, 0.29) is 5.91 Å². The summed E-state index contributed by atoms with van der Waals surface area (Å²) in [6.07, 6.45) is 2.80.